The Hall–Kier alpha value is 0.0500. The summed E-state index contributed by atoms with van der Waals surface area (Å²) in [6.07, 6.45) is 2.94. The van der Waals surface area contributed by atoms with E-state index in [9.17, 15) is 5.11 Å². The number of hydrogen-bond donors (Lipinski definition) is 1. The molecule has 0 radical (unpaired) electrons. The largest absolute Gasteiger partial charge is 0.391 e. The highest BCUT2D eigenvalue weighted by atomic mass is 32.2. The fourth-order valence-corrected chi connectivity index (χ4v) is 2.93. The van der Waals surface area contributed by atoms with Gasteiger partial charge in [-0.2, -0.15) is 11.8 Å². The van der Waals surface area contributed by atoms with Crippen molar-refractivity contribution in [3.8, 4) is 0 Å². The number of thioether (sulfide) groups is 1. The van der Waals surface area contributed by atoms with Gasteiger partial charge < -0.3 is 5.11 Å². The first-order chi connectivity index (χ1) is 5.54. The lowest BCUT2D eigenvalue weighted by Gasteiger charge is -2.29. The van der Waals surface area contributed by atoms with E-state index in [0.29, 0.717) is 0 Å². The van der Waals surface area contributed by atoms with Gasteiger partial charge in [0.15, 0.2) is 0 Å². The molecule has 1 saturated heterocycles. The average Bonchev–Trinajstić information content (AvgIpc) is 2.36. The fraction of sp³-hybridized carbons (Fsp3) is 0.800. The van der Waals surface area contributed by atoms with E-state index in [2.05, 4.69) is 13.5 Å². The number of aliphatic hydroxyl groups is 1. The van der Waals surface area contributed by atoms with Crippen LogP contribution in [-0.2, 0) is 0 Å². The molecule has 2 atom stereocenters. The summed E-state index contributed by atoms with van der Waals surface area (Å²) < 4.78 is 0.0962. The summed E-state index contributed by atoms with van der Waals surface area (Å²) >= 11 is 1.90. The van der Waals surface area contributed by atoms with Crippen molar-refractivity contribution in [3.63, 3.8) is 0 Å². The molecule has 2 unspecified atom stereocenters. The number of hydrogen-bond acceptors (Lipinski definition) is 2. The Morgan fingerprint density at radius 1 is 1.75 bits per heavy atom. The molecule has 12 heavy (non-hydrogen) atoms. The first-order valence-corrected chi connectivity index (χ1v) is 5.49. The maximum Gasteiger partial charge on any atom is 0.0720 e. The molecule has 1 N–H and O–H groups in total. The fourth-order valence-electron chi connectivity index (χ4n) is 1.61. The van der Waals surface area contributed by atoms with E-state index in [1.54, 1.807) is 0 Å². The molecular formula is C10H18OS. The zero-order valence-electron chi connectivity index (χ0n) is 7.97. The van der Waals surface area contributed by atoms with Gasteiger partial charge in [-0.15, -0.1) is 6.58 Å². The number of aliphatic hydroxyl groups excluding tert-OH is 1. The van der Waals surface area contributed by atoms with Gasteiger partial charge in [0, 0.05) is 4.75 Å². The van der Waals surface area contributed by atoms with Crippen molar-refractivity contribution in [2.45, 2.75) is 44.0 Å². The molecule has 1 rings (SSSR count). The first-order valence-electron chi connectivity index (χ1n) is 4.51. The van der Waals surface area contributed by atoms with Crippen molar-refractivity contribution in [1.82, 2.24) is 0 Å². The van der Waals surface area contributed by atoms with E-state index in [-0.39, 0.29) is 10.9 Å². The van der Waals surface area contributed by atoms with Gasteiger partial charge >= 0.3 is 0 Å². The molecule has 1 heterocycles. The second-order valence-corrected chi connectivity index (χ2v) is 5.57. The van der Waals surface area contributed by atoms with Crippen LogP contribution in [0.25, 0.3) is 0 Å². The van der Waals surface area contributed by atoms with Crippen molar-refractivity contribution < 1.29 is 5.11 Å². The Kier molecular flexibility index (Phi) is 3.24. The second kappa shape index (κ2) is 3.84. The van der Waals surface area contributed by atoms with E-state index in [4.69, 9.17) is 0 Å². The van der Waals surface area contributed by atoms with Crippen molar-refractivity contribution in [2.75, 3.05) is 5.75 Å². The Morgan fingerprint density at radius 2 is 2.42 bits per heavy atom. The molecule has 0 aromatic carbocycles. The zero-order chi connectivity index (χ0) is 9.19. The topological polar surface area (TPSA) is 20.2 Å². The SMILES string of the molecule is C=C(C)CC(O)C1(C)CCCS1. The number of rotatable bonds is 3. The van der Waals surface area contributed by atoms with Crippen LogP contribution in [0.15, 0.2) is 12.2 Å². The normalized spacial score (nSPS) is 31.9. The van der Waals surface area contributed by atoms with Gasteiger partial charge in [-0.05, 0) is 38.9 Å². The van der Waals surface area contributed by atoms with E-state index in [1.807, 2.05) is 18.7 Å². The third-order valence-electron chi connectivity index (χ3n) is 2.50. The highest BCUT2D eigenvalue weighted by molar-refractivity contribution is 8.00. The van der Waals surface area contributed by atoms with Crippen LogP contribution in [0.5, 0.6) is 0 Å². The van der Waals surface area contributed by atoms with Crippen LogP contribution in [0.3, 0.4) is 0 Å². The van der Waals surface area contributed by atoms with Gasteiger partial charge in [-0.25, -0.2) is 0 Å². The van der Waals surface area contributed by atoms with Crippen molar-refractivity contribution >= 4 is 11.8 Å². The molecule has 1 nitrogen and oxygen atoms in total. The smallest absolute Gasteiger partial charge is 0.0720 e. The third kappa shape index (κ3) is 2.27. The Morgan fingerprint density at radius 3 is 2.83 bits per heavy atom. The summed E-state index contributed by atoms with van der Waals surface area (Å²) in [5.41, 5.74) is 1.08. The van der Waals surface area contributed by atoms with Crippen LogP contribution < -0.4 is 0 Å². The molecule has 0 aromatic rings. The average molecular weight is 186 g/mol. The summed E-state index contributed by atoms with van der Waals surface area (Å²) in [5.74, 6) is 1.20. The van der Waals surface area contributed by atoms with Crippen molar-refractivity contribution in [3.05, 3.63) is 12.2 Å². The third-order valence-corrected chi connectivity index (χ3v) is 4.12. The quantitative estimate of drug-likeness (QED) is 0.684. The van der Waals surface area contributed by atoms with E-state index in [1.165, 1.54) is 12.2 Å². The minimum absolute atomic E-state index is 0.0962. The van der Waals surface area contributed by atoms with Crippen LogP contribution in [-0.4, -0.2) is 21.7 Å². The van der Waals surface area contributed by atoms with Gasteiger partial charge in [0.1, 0.15) is 0 Å². The van der Waals surface area contributed by atoms with E-state index in [0.717, 1.165) is 18.4 Å². The second-order valence-electron chi connectivity index (χ2n) is 3.94. The van der Waals surface area contributed by atoms with Crippen LogP contribution in [0, 0.1) is 0 Å². The van der Waals surface area contributed by atoms with E-state index < -0.39 is 0 Å². The zero-order valence-corrected chi connectivity index (χ0v) is 8.78. The standard InChI is InChI=1S/C10H18OS/c1-8(2)7-9(11)10(3)5-4-6-12-10/h9,11H,1,4-7H2,2-3H3. The van der Waals surface area contributed by atoms with Gasteiger partial charge in [-0.3, -0.25) is 0 Å². The molecule has 70 valence electrons. The van der Waals surface area contributed by atoms with Crippen LogP contribution >= 0.6 is 11.8 Å². The van der Waals surface area contributed by atoms with Gasteiger partial charge in [0.2, 0.25) is 0 Å². The maximum atomic E-state index is 9.90. The predicted molar refractivity (Wildman–Crippen MR) is 55.5 cm³/mol. The van der Waals surface area contributed by atoms with Gasteiger partial charge in [0.25, 0.3) is 0 Å². The Labute approximate surface area is 79.2 Å². The molecule has 1 aliphatic rings. The predicted octanol–water partition coefficient (Wildman–Crippen LogP) is 2.60. The summed E-state index contributed by atoms with van der Waals surface area (Å²) in [4.78, 5) is 0. The summed E-state index contributed by atoms with van der Waals surface area (Å²) in [5, 5.41) is 9.90. The maximum absolute atomic E-state index is 9.90. The molecule has 0 aromatic heterocycles. The Balaban J connectivity index is 2.49. The molecule has 0 saturated carbocycles. The molecule has 2 heteroatoms. The first kappa shape index (κ1) is 10.1. The summed E-state index contributed by atoms with van der Waals surface area (Å²) in [6, 6.07) is 0. The van der Waals surface area contributed by atoms with Gasteiger partial charge in [-0.1, -0.05) is 5.57 Å². The summed E-state index contributed by atoms with van der Waals surface area (Å²) in [7, 11) is 0. The molecule has 0 aliphatic carbocycles. The monoisotopic (exact) mass is 186 g/mol. The molecule has 1 fully saturated rings. The highest BCUT2D eigenvalue weighted by Crippen LogP contribution is 2.41. The lowest BCUT2D eigenvalue weighted by molar-refractivity contribution is 0.133. The Bertz CT molecular complexity index is 171. The summed E-state index contributed by atoms with van der Waals surface area (Å²) in [6.45, 7) is 7.97. The van der Waals surface area contributed by atoms with Crippen LogP contribution in [0.1, 0.15) is 33.1 Å². The van der Waals surface area contributed by atoms with Gasteiger partial charge in [0.05, 0.1) is 6.10 Å². The molecule has 1 aliphatic heterocycles. The van der Waals surface area contributed by atoms with Crippen LogP contribution in [0.4, 0.5) is 0 Å². The molecular weight excluding hydrogens is 168 g/mol. The molecule has 0 bridgehead atoms. The lowest BCUT2D eigenvalue weighted by Crippen LogP contribution is -2.33. The minimum atomic E-state index is -0.206. The molecule has 0 amide bonds. The van der Waals surface area contributed by atoms with Crippen molar-refractivity contribution in [2.24, 2.45) is 0 Å². The van der Waals surface area contributed by atoms with E-state index >= 15 is 0 Å². The lowest BCUT2D eigenvalue weighted by atomic mass is 9.94. The van der Waals surface area contributed by atoms with Crippen LogP contribution in [0.2, 0.25) is 0 Å². The molecule has 0 spiro atoms. The highest BCUT2D eigenvalue weighted by Gasteiger charge is 2.36. The minimum Gasteiger partial charge on any atom is -0.391 e. The van der Waals surface area contributed by atoms with Crippen molar-refractivity contribution in [1.29, 1.82) is 0 Å².